The first-order chi connectivity index (χ1) is 14.6. The topological polar surface area (TPSA) is 100 Å². The van der Waals surface area contributed by atoms with Gasteiger partial charge in [0.25, 0.3) is 0 Å². The number of nitrogens with zero attached hydrogens (tertiary/aromatic N) is 3. The quantitative estimate of drug-likeness (QED) is 0.443. The van der Waals surface area contributed by atoms with Crippen LogP contribution < -0.4 is 15.8 Å². The summed E-state index contributed by atoms with van der Waals surface area (Å²) in [6, 6.07) is 12.8. The highest BCUT2D eigenvalue weighted by atomic mass is 16.5. The molecule has 1 aliphatic rings. The van der Waals surface area contributed by atoms with Gasteiger partial charge in [-0.1, -0.05) is 13.0 Å². The monoisotopic (exact) mass is 404 g/mol. The summed E-state index contributed by atoms with van der Waals surface area (Å²) in [6.45, 7) is 3.64. The zero-order chi connectivity index (χ0) is 21.1. The summed E-state index contributed by atoms with van der Waals surface area (Å²) >= 11 is 0. The van der Waals surface area contributed by atoms with Crippen LogP contribution in [0.15, 0.2) is 42.6 Å². The molecule has 1 aromatic heterocycles. The second kappa shape index (κ2) is 8.57. The van der Waals surface area contributed by atoms with Gasteiger partial charge in [-0.2, -0.15) is 0 Å². The van der Waals surface area contributed by atoms with Crippen molar-refractivity contribution in [2.24, 2.45) is 5.73 Å². The summed E-state index contributed by atoms with van der Waals surface area (Å²) in [6.07, 6.45) is 4.49. The number of guanidine groups is 1. The molecule has 7 heteroatoms. The highest BCUT2D eigenvalue weighted by Crippen LogP contribution is 2.34. The average Bonchev–Trinajstić information content (AvgIpc) is 2.79. The Morgan fingerprint density at radius 2 is 2.03 bits per heavy atom. The fraction of sp³-hybridized carbons (Fsp3) is 0.348. The highest BCUT2D eigenvalue weighted by molar-refractivity contribution is 5.98. The van der Waals surface area contributed by atoms with Gasteiger partial charge in [0.1, 0.15) is 11.6 Å². The number of benzene rings is 2. The van der Waals surface area contributed by atoms with Crippen LogP contribution in [0.2, 0.25) is 0 Å². The van der Waals surface area contributed by atoms with Crippen LogP contribution in [-0.4, -0.2) is 47.1 Å². The van der Waals surface area contributed by atoms with Crippen molar-refractivity contribution >= 4 is 22.4 Å². The van der Waals surface area contributed by atoms with E-state index in [4.69, 9.17) is 20.9 Å². The summed E-state index contributed by atoms with van der Waals surface area (Å²) in [4.78, 5) is 11.0. The number of fused-ring (bicyclic) bond motifs is 1. The number of ether oxygens (including phenoxy) is 1. The van der Waals surface area contributed by atoms with Gasteiger partial charge in [0.05, 0.1) is 12.8 Å². The van der Waals surface area contributed by atoms with E-state index in [-0.39, 0.29) is 5.96 Å². The van der Waals surface area contributed by atoms with Crippen molar-refractivity contribution in [3.8, 4) is 17.0 Å². The third-order valence-electron chi connectivity index (χ3n) is 5.67. The first-order valence-corrected chi connectivity index (χ1v) is 10.4. The fourth-order valence-electron chi connectivity index (χ4n) is 3.95. The number of aryl methyl sites for hydroxylation is 1. The van der Waals surface area contributed by atoms with E-state index in [1.54, 1.807) is 7.11 Å². The summed E-state index contributed by atoms with van der Waals surface area (Å²) in [5, 5.41) is 13.6. The van der Waals surface area contributed by atoms with Crippen molar-refractivity contribution in [2.75, 3.05) is 25.5 Å². The van der Waals surface area contributed by atoms with Crippen LogP contribution in [0, 0.1) is 5.41 Å². The Hall–Kier alpha value is -3.35. The summed E-state index contributed by atoms with van der Waals surface area (Å²) in [7, 11) is 1.69. The fourth-order valence-corrected chi connectivity index (χ4v) is 3.95. The molecule has 156 valence electrons. The van der Waals surface area contributed by atoms with Gasteiger partial charge >= 0.3 is 0 Å². The number of rotatable bonds is 5. The van der Waals surface area contributed by atoms with Gasteiger partial charge in [0, 0.05) is 48.4 Å². The Labute approximate surface area is 176 Å². The minimum atomic E-state index is 0.154. The Morgan fingerprint density at radius 3 is 2.73 bits per heavy atom. The molecule has 0 saturated carbocycles. The number of nitrogens with two attached hydrogens (primary N) is 1. The van der Waals surface area contributed by atoms with Crippen LogP contribution in [0.4, 0.5) is 5.69 Å². The van der Waals surface area contributed by atoms with Gasteiger partial charge in [-0.15, -0.1) is 0 Å². The zero-order valence-corrected chi connectivity index (χ0v) is 17.5. The third kappa shape index (κ3) is 4.15. The summed E-state index contributed by atoms with van der Waals surface area (Å²) < 4.78 is 5.46. The summed E-state index contributed by atoms with van der Waals surface area (Å²) in [5.41, 5.74) is 8.70. The Morgan fingerprint density at radius 1 is 1.23 bits per heavy atom. The van der Waals surface area contributed by atoms with Crippen LogP contribution in [0.25, 0.3) is 22.0 Å². The molecule has 0 aliphatic carbocycles. The predicted molar refractivity (Wildman–Crippen MR) is 121 cm³/mol. The lowest BCUT2D eigenvalue weighted by Gasteiger charge is -2.33. The standard InChI is InChI=1S/C23H28N6O/c1-3-22-26-9-6-20(28-22)16-12-15-4-5-18(30-2)14-19(15)21(13-16)27-17-7-10-29(11-8-17)23(24)25/h4-6,9,12-14,17,27H,3,7-8,10-11H2,1-2H3,(H3,24,25). The molecule has 30 heavy (non-hydrogen) atoms. The number of piperidine rings is 1. The number of anilines is 1. The summed E-state index contributed by atoms with van der Waals surface area (Å²) in [5.74, 6) is 1.83. The van der Waals surface area contributed by atoms with E-state index in [1.807, 2.05) is 23.2 Å². The van der Waals surface area contributed by atoms with E-state index >= 15 is 0 Å². The van der Waals surface area contributed by atoms with E-state index in [1.165, 1.54) is 0 Å². The van der Waals surface area contributed by atoms with Crippen molar-refractivity contribution in [3.05, 3.63) is 48.4 Å². The molecular formula is C23H28N6O. The Kier molecular flexibility index (Phi) is 5.70. The van der Waals surface area contributed by atoms with Gasteiger partial charge in [0.15, 0.2) is 5.96 Å². The van der Waals surface area contributed by atoms with Gasteiger partial charge in [0.2, 0.25) is 0 Å². The molecule has 4 N–H and O–H groups in total. The molecule has 0 amide bonds. The lowest BCUT2D eigenvalue weighted by atomic mass is 10.00. The first kappa shape index (κ1) is 19.9. The van der Waals surface area contributed by atoms with E-state index in [9.17, 15) is 0 Å². The second-order valence-corrected chi connectivity index (χ2v) is 7.61. The average molecular weight is 405 g/mol. The molecule has 0 radical (unpaired) electrons. The second-order valence-electron chi connectivity index (χ2n) is 7.61. The molecule has 1 aliphatic heterocycles. The normalized spacial score (nSPS) is 14.7. The molecule has 3 aromatic rings. The number of aromatic nitrogens is 2. The third-order valence-corrected chi connectivity index (χ3v) is 5.67. The molecule has 2 aromatic carbocycles. The number of hydrogen-bond acceptors (Lipinski definition) is 5. The maximum atomic E-state index is 7.64. The largest absolute Gasteiger partial charge is 0.497 e. The molecule has 0 unspecified atom stereocenters. The Bertz CT molecular complexity index is 1060. The highest BCUT2D eigenvalue weighted by Gasteiger charge is 2.21. The minimum Gasteiger partial charge on any atom is -0.497 e. The van der Waals surface area contributed by atoms with Crippen molar-refractivity contribution in [1.29, 1.82) is 5.41 Å². The van der Waals surface area contributed by atoms with Crippen molar-refractivity contribution < 1.29 is 4.74 Å². The van der Waals surface area contributed by atoms with Gasteiger partial charge in [-0.3, -0.25) is 5.41 Å². The molecule has 0 bridgehead atoms. The van der Waals surface area contributed by atoms with Gasteiger partial charge < -0.3 is 20.7 Å². The van der Waals surface area contributed by atoms with Crippen LogP contribution in [-0.2, 0) is 6.42 Å². The maximum absolute atomic E-state index is 7.64. The van der Waals surface area contributed by atoms with Gasteiger partial charge in [-0.05, 0) is 48.6 Å². The van der Waals surface area contributed by atoms with E-state index in [0.29, 0.717) is 6.04 Å². The predicted octanol–water partition coefficient (Wildman–Crippen LogP) is 3.64. The van der Waals surface area contributed by atoms with E-state index < -0.39 is 0 Å². The van der Waals surface area contributed by atoms with E-state index in [2.05, 4.69) is 41.5 Å². The van der Waals surface area contributed by atoms with Crippen LogP contribution >= 0.6 is 0 Å². The number of methoxy groups -OCH3 is 1. The van der Waals surface area contributed by atoms with Crippen molar-refractivity contribution in [3.63, 3.8) is 0 Å². The van der Waals surface area contributed by atoms with Crippen molar-refractivity contribution in [1.82, 2.24) is 14.9 Å². The smallest absolute Gasteiger partial charge is 0.188 e. The molecule has 1 fully saturated rings. The molecule has 0 atom stereocenters. The molecule has 2 heterocycles. The number of likely N-dealkylation sites (tertiary alicyclic amines) is 1. The van der Waals surface area contributed by atoms with Crippen molar-refractivity contribution in [2.45, 2.75) is 32.2 Å². The minimum absolute atomic E-state index is 0.154. The Balaban J connectivity index is 1.71. The molecule has 4 rings (SSSR count). The lowest BCUT2D eigenvalue weighted by molar-refractivity contribution is 0.319. The van der Waals surface area contributed by atoms with Crippen LogP contribution in [0.1, 0.15) is 25.6 Å². The SMILES string of the molecule is CCc1nccc(-c2cc(NC3CCN(C(=N)N)CC3)c3cc(OC)ccc3c2)n1. The maximum Gasteiger partial charge on any atom is 0.188 e. The zero-order valence-electron chi connectivity index (χ0n) is 17.5. The van der Waals surface area contributed by atoms with Crippen LogP contribution in [0.5, 0.6) is 5.75 Å². The molecular weight excluding hydrogens is 376 g/mol. The first-order valence-electron chi connectivity index (χ1n) is 10.4. The van der Waals surface area contributed by atoms with E-state index in [0.717, 1.165) is 71.6 Å². The molecule has 0 spiro atoms. The lowest BCUT2D eigenvalue weighted by Crippen LogP contribution is -2.45. The van der Waals surface area contributed by atoms with Crippen LogP contribution in [0.3, 0.4) is 0 Å². The number of hydrogen-bond donors (Lipinski definition) is 3. The molecule has 1 saturated heterocycles. The number of nitrogens with one attached hydrogen (secondary N) is 2. The molecule has 7 nitrogen and oxygen atoms in total. The van der Waals surface area contributed by atoms with Gasteiger partial charge in [-0.25, -0.2) is 9.97 Å².